The van der Waals surface area contributed by atoms with Crippen LogP contribution in [-0.4, -0.2) is 40.3 Å². The van der Waals surface area contributed by atoms with Gasteiger partial charge in [0.15, 0.2) is 21.3 Å². The van der Waals surface area contributed by atoms with E-state index in [1.54, 1.807) is 24.1 Å². The Balaban J connectivity index is 1.76. The molecule has 1 amide bonds. The van der Waals surface area contributed by atoms with Crippen molar-refractivity contribution in [3.05, 3.63) is 36.4 Å². The van der Waals surface area contributed by atoms with Gasteiger partial charge in [-0.2, -0.15) is 0 Å². The number of carbonyl (C=O) groups is 1. The lowest BCUT2D eigenvalue weighted by atomic mass is 10.0. The predicted octanol–water partition coefficient (Wildman–Crippen LogP) is 4.21. The fourth-order valence-electron chi connectivity index (χ4n) is 4.27. The number of ether oxygens (including phenoxy) is 2. The number of anilines is 1. The lowest BCUT2D eigenvalue weighted by Crippen LogP contribution is -2.23. The molecule has 2 aromatic carbocycles. The van der Waals surface area contributed by atoms with Crippen LogP contribution < -0.4 is 14.4 Å². The van der Waals surface area contributed by atoms with Crippen molar-refractivity contribution in [3.8, 4) is 22.6 Å². The van der Waals surface area contributed by atoms with Gasteiger partial charge in [0.2, 0.25) is 5.91 Å². The summed E-state index contributed by atoms with van der Waals surface area (Å²) in [4.78, 5) is 14.0. The highest BCUT2D eigenvalue weighted by molar-refractivity contribution is 7.90. The number of methoxy groups -OCH3 is 1. The summed E-state index contributed by atoms with van der Waals surface area (Å²) in [6.07, 6.45) is 6.98. The Morgan fingerprint density at radius 1 is 1.00 bits per heavy atom. The van der Waals surface area contributed by atoms with E-state index in [-0.39, 0.29) is 16.9 Å². The molecule has 160 valence electrons. The highest BCUT2D eigenvalue weighted by atomic mass is 32.2. The Bertz CT molecular complexity index is 1060. The zero-order valence-corrected chi connectivity index (χ0v) is 18.2. The number of amides is 1. The molecule has 1 heterocycles. The zero-order valence-electron chi connectivity index (χ0n) is 17.4. The summed E-state index contributed by atoms with van der Waals surface area (Å²) >= 11 is 0. The van der Waals surface area contributed by atoms with Gasteiger partial charge in [-0.3, -0.25) is 4.79 Å². The molecule has 1 saturated heterocycles. The maximum atomic E-state index is 12.6. The average Bonchev–Trinajstić information content (AvgIpc) is 3.38. The normalized spacial score (nSPS) is 17.5. The Labute approximate surface area is 177 Å². The quantitative estimate of drug-likeness (QED) is 0.688. The van der Waals surface area contributed by atoms with Crippen molar-refractivity contribution in [2.24, 2.45) is 0 Å². The van der Waals surface area contributed by atoms with E-state index in [2.05, 4.69) is 0 Å². The van der Waals surface area contributed by atoms with Crippen LogP contribution in [0.15, 0.2) is 41.3 Å². The van der Waals surface area contributed by atoms with Crippen molar-refractivity contribution in [2.75, 3.05) is 24.8 Å². The molecule has 2 aromatic rings. The molecule has 1 aliphatic carbocycles. The van der Waals surface area contributed by atoms with Crippen molar-refractivity contribution in [1.29, 1.82) is 0 Å². The Morgan fingerprint density at radius 3 is 2.40 bits per heavy atom. The molecular formula is C23H27NO5S. The standard InChI is InChI=1S/C23H27NO5S/c1-28-20-12-9-16(14-21(20)29-18-6-3-4-7-18)19-11-10-17(15-22(19)30(2,26)27)24-13-5-8-23(24)25/h9-12,14-15,18H,3-8,13H2,1-2H3. The molecule has 0 N–H and O–H groups in total. The van der Waals surface area contributed by atoms with Crippen molar-refractivity contribution in [2.45, 2.75) is 49.5 Å². The van der Waals surface area contributed by atoms with Gasteiger partial charge in [0.25, 0.3) is 0 Å². The number of hydrogen-bond acceptors (Lipinski definition) is 5. The smallest absolute Gasteiger partial charge is 0.227 e. The number of hydrogen-bond donors (Lipinski definition) is 0. The first-order chi connectivity index (χ1) is 14.4. The van der Waals surface area contributed by atoms with Gasteiger partial charge in [0, 0.05) is 30.5 Å². The minimum absolute atomic E-state index is 0.0268. The average molecular weight is 430 g/mol. The van der Waals surface area contributed by atoms with E-state index in [0.29, 0.717) is 35.7 Å². The van der Waals surface area contributed by atoms with Crippen LogP contribution in [0.1, 0.15) is 38.5 Å². The Kier molecular flexibility index (Phi) is 5.73. The van der Waals surface area contributed by atoms with Crippen LogP contribution >= 0.6 is 0 Å². The SMILES string of the molecule is COc1ccc(-c2ccc(N3CCCC3=O)cc2S(C)(=O)=O)cc1OC1CCCC1. The number of carbonyl (C=O) groups excluding carboxylic acids is 1. The molecule has 0 radical (unpaired) electrons. The summed E-state index contributed by atoms with van der Waals surface area (Å²) in [5, 5.41) is 0. The monoisotopic (exact) mass is 429 g/mol. The van der Waals surface area contributed by atoms with Crippen LogP contribution in [0.4, 0.5) is 5.69 Å². The van der Waals surface area contributed by atoms with Crippen LogP contribution in [0.5, 0.6) is 11.5 Å². The molecule has 30 heavy (non-hydrogen) atoms. The van der Waals surface area contributed by atoms with Crippen LogP contribution in [0.3, 0.4) is 0 Å². The summed E-state index contributed by atoms with van der Waals surface area (Å²) in [7, 11) is -1.91. The Hall–Kier alpha value is -2.54. The molecule has 6 nitrogen and oxygen atoms in total. The van der Waals surface area contributed by atoms with E-state index in [9.17, 15) is 13.2 Å². The molecule has 1 saturated carbocycles. The molecular weight excluding hydrogens is 402 g/mol. The fraction of sp³-hybridized carbons (Fsp3) is 0.435. The highest BCUT2D eigenvalue weighted by Gasteiger charge is 2.25. The van der Waals surface area contributed by atoms with Crippen molar-refractivity contribution in [1.82, 2.24) is 0 Å². The Morgan fingerprint density at radius 2 is 1.77 bits per heavy atom. The predicted molar refractivity (Wildman–Crippen MR) is 116 cm³/mol. The summed E-state index contributed by atoms with van der Waals surface area (Å²) in [6.45, 7) is 0.614. The lowest BCUT2D eigenvalue weighted by Gasteiger charge is -2.20. The van der Waals surface area contributed by atoms with Crippen molar-refractivity contribution in [3.63, 3.8) is 0 Å². The van der Waals surface area contributed by atoms with Gasteiger partial charge in [-0.15, -0.1) is 0 Å². The summed E-state index contributed by atoms with van der Waals surface area (Å²) < 4.78 is 36.8. The summed E-state index contributed by atoms with van der Waals surface area (Å²) in [6, 6.07) is 10.7. The second-order valence-corrected chi connectivity index (χ2v) is 9.98. The van der Waals surface area contributed by atoms with E-state index in [1.165, 1.54) is 6.26 Å². The van der Waals surface area contributed by atoms with Gasteiger partial charge in [0.05, 0.1) is 18.1 Å². The molecule has 0 unspecified atom stereocenters. The van der Waals surface area contributed by atoms with Gasteiger partial charge in [-0.25, -0.2) is 8.42 Å². The first kappa shape index (κ1) is 20.7. The largest absolute Gasteiger partial charge is 0.493 e. The van der Waals surface area contributed by atoms with E-state index in [0.717, 1.165) is 37.7 Å². The molecule has 2 aliphatic rings. The van der Waals surface area contributed by atoms with Gasteiger partial charge in [0.1, 0.15) is 0 Å². The number of benzene rings is 2. The van der Waals surface area contributed by atoms with Crippen LogP contribution in [0.2, 0.25) is 0 Å². The van der Waals surface area contributed by atoms with Crippen molar-refractivity contribution >= 4 is 21.4 Å². The van der Waals surface area contributed by atoms with Crippen LogP contribution in [0, 0.1) is 0 Å². The fourth-order valence-corrected chi connectivity index (χ4v) is 5.19. The third kappa shape index (κ3) is 4.17. The van der Waals surface area contributed by atoms with Crippen LogP contribution in [-0.2, 0) is 14.6 Å². The molecule has 0 bridgehead atoms. The molecule has 0 spiro atoms. The molecule has 0 atom stereocenters. The minimum atomic E-state index is -3.51. The van der Waals surface area contributed by atoms with Gasteiger partial charge in [-0.05, 0) is 61.9 Å². The number of rotatable bonds is 6. The van der Waals surface area contributed by atoms with E-state index < -0.39 is 9.84 Å². The van der Waals surface area contributed by atoms with E-state index in [4.69, 9.17) is 9.47 Å². The van der Waals surface area contributed by atoms with Gasteiger partial charge >= 0.3 is 0 Å². The van der Waals surface area contributed by atoms with E-state index in [1.807, 2.05) is 24.3 Å². The number of sulfone groups is 1. The second-order valence-electron chi connectivity index (χ2n) is 7.99. The summed E-state index contributed by atoms with van der Waals surface area (Å²) in [5.74, 6) is 1.28. The second kappa shape index (κ2) is 8.30. The maximum Gasteiger partial charge on any atom is 0.227 e. The summed E-state index contributed by atoms with van der Waals surface area (Å²) in [5.41, 5.74) is 1.95. The molecule has 1 aliphatic heterocycles. The van der Waals surface area contributed by atoms with Gasteiger partial charge in [-0.1, -0.05) is 12.1 Å². The third-order valence-corrected chi connectivity index (χ3v) is 6.96. The molecule has 0 aromatic heterocycles. The van der Waals surface area contributed by atoms with Crippen LogP contribution in [0.25, 0.3) is 11.1 Å². The van der Waals surface area contributed by atoms with Crippen molar-refractivity contribution < 1.29 is 22.7 Å². The maximum absolute atomic E-state index is 12.6. The molecule has 7 heteroatoms. The molecule has 4 rings (SSSR count). The molecule has 2 fully saturated rings. The first-order valence-electron chi connectivity index (χ1n) is 10.4. The zero-order chi connectivity index (χ0) is 21.3. The van der Waals surface area contributed by atoms with E-state index >= 15 is 0 Å². The number of nitrogens with zero attached hydrogens (tertiary/aromatic N) is 1. The minimum Gasteiger partial charge on any atom is -0.493 e. The third-order valence-electron chi connectivity index (χ3n) is 5.82. The van der Waals surface area contributed by atoms with Gasteiger partial charge < -0.3 is 14.4 Å². The highest BCUT2D eigenvalue weighted by Crippen LogP contribution is 2.38. The lowest BCUT2D eigenvalue weighted by molar-refractivity contribution is -0.117. The first-order valence-corrected chi connectivity index (χ1v) is 12.3. The topological polar surface area (TPSA) is 72.9 Å².